The summed E-state index contributed by atoms with van der Waals surface area (Å²) in [5.74, 6) is 0.230. The Morgan fingerprint density at radius 1 is 1.11 bits per heavy atom. The zero-order valence-corrected chi connectivity index (χ0v) is 16.9. The molecule has 2 aliphatic rings. The third-order valence-corrected chi connectivity index (χ3v) is 7.94. The van der Waals surface area contributed by atoms with Gasteiger partial charge in [-0.05, 0) is 36.1 Å². The van der Waals surface area contributed by atoms with Crippen LogP contribution >= 0.6 is 11.8 Å². The van der Waals surface area contributed by atoms with Gasteiger partial charge in [0.1, 0.15) is 5.03 Å². The van der Waals surface area contributed by atoms with Gasteiger partial charge in [0.25, 0.3) is 0 Å². The number of aryl methyl sites for hydroxylation is 1. The van der Waals surface area contributed by atoms with Crippen molar-refractivity contribution in [2.45, 2.75) is 47.9 Å². The normalized spacial score (nSPS) is 26.8. The maximum atomic E-state index is 12.8. The number of hydrogen-bond donors (Lipinski definition) is 0. The van der Waals surface area contributed by atoms with Crippen LogP contribution in [0.5, 0.6) is 0 Å². The van der Waals surface area contributed by atoms with Crippen LogP contribution in [0.3, 0.4) is 0 Å². The molecule has 0 saturated carbocycles. The van der Waals surface area contributed by atoms with Crippen LogP contribution in [-0.2, 0) is 16.6 Å². The van der Waals surface area contributed by atoms with E-state index in [1.54, 1.807) is 11.8 Å². The van der Waals surface area contributed by atoms with E-state index in [2.05, 4.69) is 36.2 Å². The molecule has 1 amide bonds. The second-order valence-electron chi connectivity index (χ2n) is 8.01. The second-order valence-corrected chi connectivity index (χ2v) is 9.23. The Hall–Kier alpha value is -2.40. The van der Waals surface area contributed by atoms with Gasteiger partial charge in [-0.25, -0.2) is 4.98 Å². The van der Waals surface area contributed by atoms with Crippen LogP contribution in [0.25, 0.3) is 11.0 Å². The first-order valence-corrected chi connectivity index (χ1v) is 10.7. The molecule has 3 atom stereocenters. The van der Waals surface area contributed by atoms with Crippen molar-refractivity contribution in [3.05, 3.63) is 65.9 Å². The molecule has 2 heterocycles. The Kier molecular flexibility index (Phi) is 4.16. The number of aromatic nitrogens is 2. The van der Waals surface area contributed by atoms with Gasteiger partial charge in [0.2, 0.25) is 5.91 Å². The Morgan fingerprint density at radius 3 is 2.71 bits per heavy atom. The van der Waals surface area contributed by atoms with Gasteiger partial charge in [0.15, 0.2) is 0 Å². The molecular formula is C23H23N3OS. The molecule has 1 fully saturated rings. The van der Waals surface area contributed by atoms with E-state index in [1.165, 1.54) is 11.1 Å². The number of amides is 1. The van der Waals surface area contributed by atoms with E-state index in [9.17, 15) is 4.79 Å². The van der Waals surface area contributed by atoms with Gasteiger partial charge in [0, 0.05) is 30.2 Å². The standard InChI is InChI=1S/C23H23N3OS/c1-23-16-8-4-3-7-15(16)11-12-19(23)26(2)22(27)13-20(23)28-21-14-24-17-9-5-6-10-18(17)25-21/h3-10,14,19-20H,11-13H2,1-2H3/t19-,20?,23-/m1/s1. The SMILES string of the molecule is CN1C(=O)CC(Sc2cnc3ccccc3n2)[C@]2(C)c3ccccc3CC[C@@H]12. The summed E-state index contributed by atoms with van der Waals surface area (Å²) in [7, 11) is 1.97. The third-order valence-electron chi connectivity index (χ3n) is 6.56. The van der Waals surface area contributed by atoms with Crippen molar-refractivity contribution in [3.63, 3.8) is 0 Å². The molecule has 5 rings (SSSR count). The summed E-state index contributed by atoms with van der Waals surface area (Å²) in [6, 6.07) is 16.9. The molecule has 0 N–H and O–H groups in total. The van der Waals surface area contributed by atoms with E-state index in [4.69, 9.17) is 4.98 Å². The lowest BCUT2D eigenvalue weighted by Crippen LogP contribution is -2.61. The average Bonchev–Trinajstić information content (AvgIpc) is 2.72. The maximum absolute atomic E-state index is 12.8. The van der Waals surface area contributed by atoms with Crippen LogP contribution in [0.1, 0.15) is 30.9 Å². The molecule has 0 radical (unpaired) electrons. The van der Waals surface area contributed by atoms with Crippen molar-refractivity contribution in [2.24, 2.45) is 0 Å². The quantitative estimate of drug-likeness (QED) is 0.658. The number of likely N-dealkylation sites (N-methyl/N-ethyl adjacent to an activating group) is 1. The molecule has 28 heavy (non-hydrogen) atoms. The lowest BCUT2D eigenvalue weighted by atomic mass is 9.63. The Bertz CT molecular complexity index is 1070. The number of likely N-dealkylation sites (tertiary alicyclic amines) is 1. The van der Waals surface area contributed by atoms with Gasteiger partial charge in [-0.1, -0.05) is 55.1 Å². The van der Waals surface area contributed by atoms with E-state index in [0.29, 0.717) is 6.42 Å². The van der Waals surface area contributed by atoms with Crippen LogP contribution in [0.2, 0.25) is 0 Å². The van der Waals surface area contributed by atoms with Crippen molar-refractivity contribution in [2.75, 3.05) is 7.05 Å². The minimum Gasteiger partial charge on any atom is -0.342 e. The highest BCUT2D eigenvalue weighted by Gasteiger charge is 2.53. The van der Waals surface area contributed by atoms with E-state index < -0.39 is 0 Å². The molecular weight excluding hydrogens is 366 g/mol. The fourth-order valence-electron chi connectivity index (χ4n) is 5.01. The van der Waals surface area contributed by atoms with Crippen molar-refractivity contribution in [3.8, 4) is 0 Å². The number of rotatable bonds is 2. The van der Waals surface area contributed by atoms with E-state index in [0.717, 1.165) is 28.9 Å². The van der Waals surface area contributed by atoms with Crippen LogP contribution in [0.15, 0.2) is 59.8 Å². The number of carbonyl (C=O) groups excluding carboxylic acids is 1. The fraction of sp³-hybridized carbons (Fsp3) is 0.348. The monoisotopic (exact) mass is 389 g/mol. The van der Waals surface area contributed by atoms with E-state index in [1.807, 2.05) is 42.4 Å². The van der Waals surface area contributed by atoms with Crippen molar-refractivity contribution < 1.29 is 4.79 Å². The molecule has 1 unspecified atom stereocenters. The molecule has 0 spiro atoms. The molecule has 1 aliphatic carbocycles. The zero-order valence-electron chi connectivity index (χ0n) is 16.1. The minimum atomic E-state index is -0.102. The predicted molar refractivity (Wildman–Crippen MR) is 112 cm³/mol. The second kappa shape index (κ2) is 6.59. The molecule has 5 heteroatoms. The fourth-order valence-corrected chi connectivity index (χ4v) is 6.33. The Morgan fingerprint density at radius 2 is 1.86 bits per heavy atom. The number of para-hydroxylation sites is 2. The van der Waals surface area contributed by atoms with Crippen LogP contribution in [0.4, 0.5) is 0 Å². The zero-order chi connectivity index (χ0) is 19.3. The molecule has 1 aliphatic heterocycles. The van der Waals surface area contributed by atoms with Crippen LogP contribution in [-0.4, -0.2) is 39.1 Å². The molecule has 4 nitrogen and oxygen atoms in total. The highest BCUT2D eigenvalue weighted by Crippen LogP contribution is 2.51. The summed E-state index contributed by atoms with van der Waals surface area (Å²) in [6.07, 6.45) is 4.41. The number of nitrogens with zero attached hydrogens (tertiary/aromatic N) is 3. The number of thioether (sulfide) groups is 1. The third kappa shape index (κ3) is 2.64. The minimum absolute atomic E-state index is 0.102. The first kappa shape index (κ1) is 17.7. The van der Waals surface area contributed by atoms with Crippen LogP contribution in [0, 0.1) is 0 Å². The molecule has 3 aromatic rings. The molecule has 2 aromatic carbocycles. The van der Waals surface area contributed by atoms with Crippen molar-refractivity contribution >= 4 is 28.7 Å². The van der Waals surface area contributed by atoms with E-state index >= 15 is 0 Å². The van der Waals surface area contributed by atoms with Gasteiger partial charge >= 0.3 is 0 Å². The molecule has 142 valence electrons. The van der Waals surface area contributed by atoms with Gasteiger partial charge in [-0.15, -0.1) is 0 Å². The smallest absolute Gasteiger partial charge is 0.223 e. The summed E-state index contributed by atoms with van der Waals surface area (Å²) in [4.78, 5) is 24.2. The topological polar surface area (TPSA) is 46.1 Å². The predicted octanol–water partition coefficient (Wildman–Crippen LogP) is 4.23. The van der Waals surface area contributed by atoms with Gasteiger partial charge in [0.05, 0.1) is 17.2 Å². The van der Waals surface area contributed by atoms with Gasteiger partial charge in [-0.2, -0.15) is 0 Å². The lowest BCUT2D eigenvalue weighted by molar-refractivity contribution is -0.137. The Balaban J connectivity index is 1.58. The average molecular weight is 390 g/mol. The largest absolute Gasteiger partial charge is 0.342 e. The van der Waals surface area contributed by atoms with E-state index in [-0.39, 0.29) is 22.6 Å². The lowest BCUT2D eigenvalue weighted by Gasteiger charge is -2.54. The first-order chi connectivity index (χ1) is 13.6. The summed E-state index contributed by atoms with van der Waals surface area (Å²) < 4.78 is 0. The van der Waals surface area contributed by atoms with Crippen molar-refractivity contribution in [1.82, 2.24) is 14.9 Å². The maximum Gasteiger partial charge on any atom is 0.223 e. The summed E-state index contributed by atoms with van der Waals surface area (Å²) in [5.41, 5.74) is 4.50. The highest BCUT2D eigenvalue weighted by atomic mass is 32.2. The van der Waals surface area contributed by atoms with Crippen LogP contribution < -0.4 is 0 Å². The summed E-state index contributed by atoms with van der Waals surface area (Å²) >= 11 is 1.71. The molecule has 1 saturated heterocycles. The summed E-state index contributed by atoms with van der Waals surface area (Å²) in [6.45, 7) is 2.34. The first-order valence-electron chi connectivity index (χ1n) is 9.80. The summed E-state index contributed by atoms with van der Waals surface area (Å²) in [5, 5.41) is 1.03. The van der Waals surface area contributed by atoms with Gasteiger partial charge in [-0.3, -0.25) is 9.78 Å². The number of fused-ring (bicyclic) bond motifs is 4. The Labute approximate surface area is 169 Å². The van der Waals surface area contributed by atoms with Crippen molar-refractivity contribution in [1.29, 1.82) is 0 Å². The number of hydrogen-bond acceptors (Lipinski definition) is 4. The van der Waals surface area contributed by atoms with Gasteiger partial charge < -0.3 is 4.90 Å². The molecule has 1 aromatic heterocycles. The molecule has 0 bridgehead atoms. The highest BCUT2D eigenvalue weighted by molar-refractivity contribution is 8.00. The number of benzene rings is 2. The number of piperidine rings is 1. The number of carbonyl (C=O) groups is 1.